The molecule has 13 rings (SSSR count). The van der Waals surface area contributed by atoms with Crippen LogP contribution in [-0.4, -0.2) is 6.71 Å². The highest BCUT2D eigenvalue weighted by atomic mass is 32.1. The number of nitrogens with zero attached hydrogens (tertiary/aromatic N) is 2. The van der Waals surface area contributed by atoms with Crippen LogP contribution in [-0.2, 0) is 37.9 Å². The Labute approximate surface area is 433 Å². The Balaban J connectivity index is 1.21. The van der Waals surface area contributed by atoms with Crippen LogP contribution in [0.1, 0.15) is 181 Å². The highest BCUT2D eigenvalue weighted by Gasteiger charge is 2.50. The molecule has 6 aromatic carbocycles. The van der Waals surface area contributed by atoms with E-state index in [4.69, 9.17) is 0 Å². The summed E-state index contributed by atoms with van der Waals surface area (Å²) in [7, 11) is 0. The number of rotatable bonds is 2. The molecule has 0 bridgehead atoms. The molecule has 71 heavy (non-hydrogen) atoms. The van der Waals surface area contributed by atoms with Crippen LogP contribution < -0.4 is 25.5 Å². The third kappa shape index (κ3) is 6.49. The molecule has 0 unspecified atom stereocenters. The van der Waals surface area contributed by atoms with Crippen molar-refractivity contribution in [2.75, 3.05) is 9.80 Å². The number of benzene rings is 6. The van der Waals surface area contributed by atoms with Crippen molar-refractivity contribution < 1.29 is 0 Å². The Hall–Kier alpha value is -4.84. The van der Waals surface area contributed by atoms with Gasteiger partial charge in [-0.25, -0.2) is 0 Å². The summed E-state index contributed by atoms with van der Waals surface area (Å²) in [4.78, 5) is 5.55. The topological polar surface area (TPSA) is 6.48 Å². The van der Waals surface area contributed by atoms with Gasteiger partial charge < -0.3 is 9.80 Å². The van der Waals surface area contributed by atoms with Crippen molar-refractivity contribution in [3.8, 4) is 0 Å². The first-order chi connectivity index (χ1) is 33.3. The van der Waals surface area contributed by atoms with Crippen LogP contribution in [0.25, 0.3) is 30.3 Å². The summed E-state index contributed by atoms with van der Waals surface area (Å²) in [5.74, 6) is 0. The molecule has 8 aromatic rings. The molecule has 362 valence electrons. The maximum absolute atomic E-state index is 2.79. The van der Waals surface area contributed by atoms with Gasteiger partial charge in [-0.1, -0.05) is 146 Å². The van der Waals surface area contributed by atoms with Gasteiger partial charge in [-0.15, -0.1) is 22.7 Å². The minimum absolute atomic E-state index is 0.0554. The van der Waals surface area contributed by atoms with Gasteiger partial charge in [-0.05, 0) is 181 Å². The first kappa shape index (κ1) is 46.0. The molecule has 0 spiro atoms. The normalized spacial score (nSPS) is 20.6. The fraction of sp³-hybridized carbons (Fsp3) is 0.424. The minimum Gasteiger partial charge on any atom is -0.311 e. The summed E-state index contributed by atoms with van der Waals surface area (Å²) in [6.07, 6.45) is 7.15. The Morgan fingerprint density at radius 2 is 0.972 bits per heavy atom. The molecule has 0 atom stereocenters. The number of hydrogen-bond acceptors (Lipinski definition) is 4. The fourth-order valence-corrected chi connectivity index (χ4v) is 16.7. The van der Waals surface area contributed by atoms with E-state index >= 15 is 0 Å². The second kappa shape index (κ2) is 14.5. The first-order valence-corrected chi connectivity index (χ1v) is 28.6. The van der Waals surface area contributed by atoms with Gasteiger partial charge >= 0.3 is 0 Å². The molecular weight excluding hydrogens is 896 g/mol. The highest BCUT2D eigenvalue weighted by Crippen LogP contribution is 2.57. The Bertz CT molecular complexity index is 3620. The smallest absolute Gasteiger partial charge is 0.264 e. The number of anilines is 6. The van der Waals surface area contributed by atoms with Gasteiger partial charge in [-0.2, -0.15) is 0 Å². The Kier molecular flexibility index (Phi) is 9.37. The zero-order valence-electron chi connectivity index (χ0n) is 45.3. The number of fused-ring (bicyclic) bond motifs is 12. The predicted octanol–water partition coefficient (Wildman–Crippen LogP) is 17.7. The van der Waals surface area contributed by atoms with Crippen LogP contribution in [0.3, 0.4) is 0 Å². The molecule has 3 aliphatic carbocycles. The van der Waals surface area contributed by atoms with E-state index in [1.54, 1.807) is 0 Å². The highest BCUT2D eigenvalue weighted by molar-refractivity contribution is 7.34. The van der Waals surface area contributed by atoms with Gasteiger partial charge in [0.2, 0.25) is 0 Å². The van der Waals surface area contributed by atoms with Gasteiger partial charge in [-0.3, -0.25) is 0 Å². The zero-order chi connectivity index (χ0) is 49.9. The molecule has 5 aliphatic rings. The predicted molar refractivity (Wildman–Crippen MR) is 313 cm³/mol. The van der Waals surface area contributed by atoms with Crippen LogP contribution in [0.15, 0.2) is 97.1 Å². The van der Waals surface area contributed by atoms with Gasteiger partial charge in [0.25, 0.3) is 6.71 Å². The van der Waals surface area contributed by atoms with Crippen LogP contribution in [0.4, 0.5) is 34.1 Å². The lowest BCUT2D eigenvalue weighted by atomic mass is 9.35. The quantitative estimate of drug-likeness (QED) is 0.159. The van der Waals surface area contributed by atoms with E-state index in [9.17, 15) is 0 Å². The van der Waals surface area contributed by atoms with Crippen molar-refractivity contribution in [3.05, 3.63) is 136 Å². The Morgan fingerprint density at radius 1 is 0.437 bits per heavy atom. The minimum atomic E-state index is -0.113. The molecule has 0 fully saturated rings. The molecule has 4 heterocycles. The van der Waals surface area contributed by atoms with Crippen LogP contribution in [0.5, 0.6) is 0 Å². The third-order valence-corrected chi connectivity index (χ3v) is 21.6. The molecule has 2 aromatic heterocycles. The molecule has 0 radical (unpaired) electrons. The van der Waals surface area contributed by atoms with Gasteiger partial charge in [0, 0.05) is 53.1 Å². The van der Waals surface area contributed by atoms with Crippen molar-refractivity contribution in [2.45, 2.75) is 180 Å². The second-order valence-corrected chi connectivity index (χ2v) is 29.9. The Morgan fingerprint density at radius 3 is 1.61 bits per heavy atom. The molecule has 5 heteroatoms. The van der Waals surface area contributed by atoms with Crippen molar-refractivity contribution in [2.24, 2.45) is 0 Å². The fourth-order valence-electron chi connectivity index (χ4n) is 14.2. The summed E-state index contributed by atoms with van der Waals surface area (Å²) in [6.45, 7) is 37.3. The summed E-state index contributed by atoms with van der Waals surface area (Å²) in [6, 6.07) is 39.9. The van der Waals surface area contributed by atoms with Crippen LogP contribution in [0, 0.1) is 0 Å². The van der Waals surface area contributed by atoms with Gasteiger partial charge in [0.15, 0.2) is 0 Å². The van der Waals surface area contributed by atoms with Crippen LogP contribution in [0.2, 0.25) is 0 Å². The summed E-state index contributed by atoms with van der Waals surface area (Å²) < 4.78 is 5.60. The maximum atomic E-state index is 2.79. The van der Waals surface area contributed by atoms with Crippen molar-refractivity contribution in [1.82, 2.24) is 0 Å². The van der Waals surface area contributed by atoms with E-state index < -0.39 is 0 Å². The lowest BCUT2D eigenvalue weighted by molar-refractivity contribution is 0.332. The number of hydrogen-bond donors (Lipinski definition) is 0. The molecule has 0 saturated carbocycles. The summed E-state index contributed by atoms with van der Waals surface area (Å²) in [5.41, 5.74) is 21.8. The lowest BCUT2D eigenvalue weighted by Gasteiger charge is -2.48. The molecular formula is C66H73BN2S2. The SMILES string of the molecule is CC(C)(C)c1cc2c3c(c1)N(c1cccc4c1sc1ccccc14)c1c(sc4cc5c(cc14)C(C)(C)CCC5(C)C)B3c1cc3c(cc1N2c1ccc2c(c1)C(C)(C)CCC2(C)C)C(C)(C)CCC3(C)C. The van der Waals surface area contributed by atoms with E-state index in [2.05, 4.69) is 222 Å². The first-order valence-electron chi connectivity index (χ1n) is 26.9. The van der Waals surface area contributed by atoms with Crippen molar-refractivity contribution in [1.29, 1.82) is 0 Å². The summed E-state index contributed by atoms with van der Waals surface area (Å²) in [5, 5.41) is 4.09. The monoisotopic (exact) mass is 969 g/mol. The van der Waals surface area contributed by atoms with E-state index in [1.165, 1.54) is 158 Å². The zero-order valence-corrected chi connectivity index (χ0v) is 46.9. The van der Waals surface area contributed by atoms with E-state index in [1.807, 2.05) is 11.3 Å². The summed E-state index contributed by atoms with van der Waals surface area (Å²) >= 11 is 4.05. The molecule has 0 saturated heterocycles. The van der Waals surface area contributed by atoms with Gasteiger partial charge in [0.1, 0.15) is 0 Å². The molecule has 2 nitrogen and oxygen atoms in total. The lowest BCUT2D eigenvalue weighted by Crippen LogP contribution is -2.61. The van der Waals surface area contributed by atoms with Gasteiger partial charge in [0.05, 0.1) is 16.1 Å². The number of thiophene rings is 2. The average Bonchev–Trinajstić information content (AvgIpc) is 3.88. The van der Waals surface area contributed by atoms with Crippen molar-refractivity contribution in [3.63, 3.8) is 0 Å². The molecule has 0 amide bonds. The largest absolute Gasteiger partial charge is 0.311 e. The second-order valence-electron chi connectivity index (χ2n) is 27.7. The van der Waals surface area contributed by atoms with E-state index in [0.29, 0.717) is 0 Å². The van der Waals surface area contributed by atoms with Crippen LogP contribution >= 0.6 is 22.7 Å². The average molecular weight is 969 g/mol. The van der Waals surface area contributed by atoms with Crippen molar-refractivity contribution >= 4 is 109 Å². The van der Waals surface area contributed by atoms with E-state index in [0.717, 1.165) is 0 Å². The molecule has 0 N–H and O–H groups in total. The third-order valence-electron chi connectivity index (χ3n) is 19.2. The van der Waals surface area contributed by atoms with E-state index in [-0.39, 0.29) is 44.6 Å². The standard InChI is InChI=1S/C66H73BN2S2/c1-60(2,3)38-31-52-56-53(32-38)69(50-21-18-20-41-40-19-16-17-22-54(40)70-58(41)50)57-42-34-45-48(66(14,15)30-27-63(45,8)9)37-55(42)71-59(57)67(56)49-35-46-47(65(12,13)29-28-64(46,10)11)36-51(49)68(52)39-23-24-43-44(33-39)62(6,7)26-25-61(43,4)5/h16-24,31-37H,25-30H2,1-15H3. The maximum Gasteiger partial charge on any atom is 0.264 e. The molecule has 2 aliphatic heterocycles.